The minimum Gasteiger partial charge on any atom is -0.490 e. The third-order valence-corrected chi connectivity index (χ3v) is 3.99. The molecule has 0 aliphatic rings. The van der Waals surface area contributed by atoms with Crippen LogP contribution in [0.15, 0.2) is 42.0 Å². The minimum atomic E-state index is -1.05. The molecule has 150 valence electrons. The van der Waals surface area contributed by atoms with Crippen LogP contribution in [0.5, 0.6) is 11.5 Å². The van der Waals surface area contributed by atoms with E-state index in [0.717, 1.165) is 11.1 Å². The molecule has 0 saturated heterocycles. The molecule has 0 aromatic heterocycles. The van der Waals surface area contributed by atoms with Crippen molar-refractivity contribution in [1.29, 1.82) is 5.26 Å². The quantitative estimate of drug-likeness (QED) is 0.530. The van der Waals surface area contributed by atoms with Gasteiger partial charge in [-0.1, -0.05) is 41.4 Å². The molecule has 2 rings (SSSR count). The van der Waals surface area contributed by atoms with Gasteiger partial charge in [-0.3, -0.25) is 10.1 Å². The number of nitrogens with two attached hydrogens (primary N) is 1. The molecule has 3 N–H and O–H groups in total. The molecule has 0 atom stereocenters. The summed E-state index contributed by atoms with van der Waals surface area (Å²) < 4.78 is 11.5. The lowest BCUT2D eigenvalue weighted by Gasteiger charge is -2.15. The molecule has 7 nitrogen and oxygen atoms in total. The number of carbonyl (C=O) groups is 2. The Morgan fingerprint density at radius 1 is 1.28 bits per heavy atom. The molecule has 8 heteroatoms. The predicted octanol–water partition coefficient (Wildman–Crippen LogP) is 3.73. The zero-order chi connectivity index (χ0) is 21.4. The monoisotopic (exact) mass is 413 g/mol. The highest BCUT2D eigenvalue weighted by Crippen LogP contribution is 2.38. The number of ether oxygens (including phenoxy) is 2. The van der Waals surface area contributed by atoms with Crippen molar-refractivity contribution >= 4 is 29.6 Å². The Bertz CT molecular complexity index is 996. The number of nitrogens with one attached hydrogen (secondary N) is 1. The number of urea groups is 1. The minimum absolute atomic E-state index is 0.252. The molecule has 0 bridgehead atoms. The van der Waals surface area contributed by atoms with Gasteiger partial charge in [-0.15, -0.1) is 0 Å². The summed E-state index contributed by atoms with van der Waals surface area (Å²) in [5.74, 6) is -0.187. The topological polar surface area (TPSA) is 114 Å². The maximum absolute atomic E-state index is 11.8. The molecule has 0 heterocycles. The molecule has 0 aliphatic heterocycles. The molecule has 0 spiro atoms. The highest BCUT2D eigenvalue weighted by atomic mass is 35.5. The average Bonchev–Trinajstić information content (AvgIpc) is 2.65. The van der Waals surface area contributed by atoms with Crippen LogP contribution < -0.4 is 20.5 Å². The molecule has 0 radical (unpaired) electrons. The van der Waals surface area contributed by atoms with Crippen molar-refractivity contribution in [3.63, 3.8) is 0 Å². The first-order chi connectivity index (χ1) is 13.8. The molecule has 0 fully saturated rings. The van der Waals surface area contributed by atoms with Crippen molar-refractivity contribution in [1.82, 2.24) is 5.32 Å². The molecule has 0 saturated carbocycles. The standard InChI is InChI=1S/C21H20ClN3O4/c1-3-28-18-10-15(8-16(11-23)20(26)25-21(24)27)9-17(22)19(18)29-12-14-6-4-5-13(2)7-14/h4-10H,3,12H2,1-2H3,(H3,24,25,26,27)/b16-8-. The third-order valence-electron chi connectivity index (χ3n) is 3.71. The Kier molecular flexibility index (Phi) is 7.63. The van der Waals surface area contributed by atoms with E-state index in [0.29, 0.717) is 30.3 Å². The number of amides is 3. The van der Waals surface area contributed by atoms with Crippen LogP contribution >= 0.6 is 11.6 Å². The number of nitrogens with zero attached hydrogens (tertiary/aromatic N) is 1. The van der Waals surface area contributed by atoms with E-state index in [9.17, 15) is 14.9 Å². The lowest BCUT2D eigenvalue weighted by molar-refractivity contribution is -0.115. The molecule has 0 aliphatic carbocycles. The fourth-order valence-corrected chi connectivity index (χ4v) is 2.80. The van der Waals surface area contributed by atoms with Gasteiger partial charge in [-0.25, -0.2) is 4.79 Å². The molecular weight excluding hydrogens is 394 g/mol. The molecule has 0 unspecified atom stereocenters. The summed E-state index contributed by atoms with van der Waals surface area (Å²) in [6.07, 6.45) is 1.27. The van der Waals surface area contributed by atoms with Gasteiger partial charge in [-0.2, -0.15) is 5.26 Å². The van der Waals surface area contributed by atoms with Crippen LogP contribution in [0.2, 0.25) is 5.02 Å². The highest BCUT2D eigenvalue weighted by molar-refractivity contribution is 6.32. The number of halogens is 1. The lowest BCUT2D eigenvalue weighted by atomic mass is 10.1. The number of hydrogen-bond donors (Lipinski definition) is 2. The third kappa shape index (κ3) is 6.26. The van der Waals surface area contributed by atoms with Crippen LogP contribution in [-0.4, -0.2) is 18.5 Å². The Balaban J connectivity index is 2.33. The second-order valence-corrected chi connectivity index (χ2v) is 6.44. The average molecular weight is 414 g/mol. The number of nitriles is 1. The van der Waals surface area contributed by atoms with E-state index in [1.54, 1.807) is 12.1 Å². The first-order valence-electron chi connectivity index (χ1n) is 8.71. The summed E-state index contributed by atoms with van der Waals surface area (Å²) in [6.45, 7) is 4.45. The number of hydrogen-bond acceptors (Lipinski definition) is 5. The molecule has 2 aromatic carbocycles. The maximum atomic E-state index is 11.8. The normalized spacial score (nSPS) is 10.8. The van der Waals surface area contributed by atoms with E-state index in [2.05, 4.69) is 0 Å². The Morgan fingerprint density at radius 3 is 2.66 bits per heavy atom. The van der Waals surface area contributed by atoms with Crippen molar-refractivity contribution in [2.45, 2.75) is 20.5 Å². The van der Waals surface area contributed by atoms with Crippen LogP contribution in [0.3, 0.4) is 0 Å². The second-order valence-electron chi connectivity index (χ2n) is 6.03. The van der Waals surface area contributed by atoms with Gasteiger partial charge in [0.15, 0.2) is 11.5 Å². The van der Waals surface area contributed by atoms with Crippen molar-refractivity contribution in [3.8, 4) is 17.6 Å². The smallest absolute Gasteiger partial charge is 0.319 e. The van der Waals surface area contributed by atoms with Gasteiger partial charge in [0.05, 0.1) is 11.6 Å². The summed E-state index contributed by atoms with van der Waals surface area (Å²) in [5, 5.41) is 11.3. The van der Waals surface area contributed by atoms with Crippen LogP contribution in [0.4, 0.5) is 4.79 Å². The summed E-state index contributed by atoms with van der Waals surface area (Å²) in [4.78, 5) is 22.7. The molecule has 29 heavy (non-hydrogen) atoms. The van der Waals surface area contributed by atoms with Crippen molar-refractivity contribution in [3.05, 3.63) is 63.7 Å². The molecule has 2 aromatic rings. The van der Waals surface area contributed by atoms with E-state index in [1.165, 1.54) is 12.1 Å². The summed E-state index contributed by atoms with van der Waals surface area (Å²) in [7, 11) is 0. The number of benzene rings is 2. The van der Waals surface area contributed by atoms with Crippen LogP contribution in [-0.2, 0) is 11.4 Å². The van der Waals surface area contributed by atoms with Crippen LogP contribution in [0.25, 0.3) is 6.08 Å². The van der Waals surface area contributed by atoms with E-state index < -0.39 is 11.9 Å². The Labute approximate surface area is 173 Å². The van der Waals surface area contributed by atoms with E-state index in [4.69, 9.17) is 26.8 Å². The van der Waals surface area contributed by atoms with Crippen LogP contribution in [0.1, 0.15) is 23.6 Å². The number of rotatable bonds is 7. The predicted molar refractivity (Wildman–Crippen MR) is 109 cm³/mol. The van der Waals surface area contributed by atoms with E-state index in [-0.39, 0.29) is 10.6 Å². The fraction of sp³-hybridized carbons (Fsp3) is 0.190. The molecular formula is C21H20ClN3O4. The van der Waals surface area contributed by atoms with Crippen LogP contribution in [0, 0.1) is 18.3 Å². The summed E-state index contributed by atoms with van der Waals surface area (Å²) in [5.41, 5.74) is 7.12. The summed E-state index contributed by atoms with van der Waals surface area (Å²) >= 11 is 6.37. The van der Waals surface area contributed by atoms with E-state index in [1.807, 2.05) is 43.4 Å². The van der Waals surface area contributed by atoms with Gasteiger partial charge < -0.3 is 15.2 Å². The fourth-order valence-electron chi connectivity index (χ4n) is 2.53. The summed E-state index contributed by atoms with van der Waals surface area (Å²) in [6, 6.07) is 11.7. The van der Waals surface area contributed by atoms with Gasteiger partial charge in [0.25, 0.3) is 5.91 Å². The first kappa shape index (κ1) is 21.8. The lowest BCUT2D eigenvalue weighted by Crippen LogP contribution is -2.35. The largest absolute Gasteiger partial charge is 0.490 e. The Morgan fingerprint density at radius 2 is 2.03 bits per heavy atom. The number of imide groups is 1. The van der Waals surface area contributed by atoms with Crippen molar-refractivity contribution < 1.29 is 19.1 Å². The zero-order valence-corrected chi connectivity index (χ0v) is 16.7. The molecule has 3 amide bonds. The SMILES string of the molecule is CCOc1cc(/C=C(/C#N)C(=O)NC(N)=O)cc(Cl)c1OCc1cccc(C)c1. The maximum Gasteiger partial charge on any atom is 0.319 e. The van der Waals surface area contributed by atoms with Gasteiger partial charge >= 0.3 is 6.03 Å². The van der Waals surface area contributed by atoms with Gasteiger partial charge in [0, 0.05) is 0 Å². The zero-order valence-electron chi connectivity index (χ0n) is 16.0. The first-order valence-corrected chi connectivity index (χ1v) is 9.09. The van der Waals surface area contributed by atoms with E-state index >= 15 is 0 Å². The van der Waals surface area contributed by atoms with Gasteiger partial charge in [0.1, 0.15) is 18.2 Å². The number of aryl methyl sites for hydroxylation is 1. The van der Waals surface area contributed by atoms with Crippen molar-refractivity contribution in [2.75, 3.05) is 6.61 Å². The number of carbonyl (C=O) groups excluding carboxylic acids is 2. The second kappa shape index (κ2) is 10.2. The van der Waals surface area contributed by atoms with Crippen molar-refractivity contribution in [2.24, 2.45) is 5.73 Å². The van der Waals surface area contributed by atoms with Gasteiger partial charge in [-0.05, 0) is 43.2 Å². The number of primary amides is 1. The highest BCUT2D eigenvalue weighted by Gasteiger charge is 2.15. The Hall–Kier alpha value is -3.50. The van der Waals surface area contributed by atoms with Gasteiger partial charge in [0.2, 0.25) is 0 Å².